The van der Waals surface area contributed by atoms with Crippen LogP contribution in [-0.2, 0) is 28.0 Å². The van der Waals surface area contributed by atoms with Gasteiger partial charge in [0.05, 0.1) is 21.8 Å². The first kappa shape index (κ1) is 23.6. The molecular weight excluding hydrogens is 403 g/mol. The van der Waals surface area contributed by atoms with Crippen LogP contribution in [0.2, 0.25) is 0 Å². The van der Waals surface area contributed by atoms with Crippen molar-refractivity contribution >= 4 is 21.8 Å². The number of hydrogen-bond donors (Lipinski definition) is 2. The molecule has 0 saturated heterocycles. The van der Waals surface area contributed by atoms with E-state index in [4.69, 9.17) is 0 Å². The second-order valence-electron chi connectivity index (χ2n) is 4.51. The third kappa shape index (κ3) is 4.83. The topological polar surface area (TPSA) is 229 Å². The summed E-state index contributed by atoms with van der Waals surface area (Å²) in [5.74, 6) is -1.02. The summed E-state index contributed by atoms with van der Waals surface area (Å²) in [5, 5.41) is 33.2. The predicted octanol–water partition coefficient (Wildman–Crippen LogP) is -3.06. The number of rotatable bonds is 0. The normalized spacial score (nSPS) is 9.19. The van der Waals surface area contributed by atoms with E-state index in [1.807, 2.05) is 0 Å². The minimum absolute atomic E-state index is 0. The molecule has 13 heteroatoms. The minimum Gasteiger partial charge on any atom is -0.856 e. The fourth-order valence-corrected chi connectivity index (χ4v) is 1.95. The Balaban J connectivity index is 0.000000451. The van der Waals surface area contributed by atoms with Gasteiger partial charge in [-0.25, -0.2) is 10.2 Å². The summed E-state index contributed by atoms with van der Waals surface area (Å²) >= 11 is 0. The number of H-pyrrole nitrogens is 2. The molecule has 0 spiro atoms. The van der Waals surface area contributed by atoms with E-state index in [-0.39, 0.29) is 49.8 Å². The van der Waals surface area contributed by atoms with E-state index in [1.54, 1.807) is 12.1 Å². The van der Waals surface area contributed by atoms with Gasteiger partial charge in [0, 0.05) is 24.2 Å². The van der Waals surface area contributed by atoms with Crippen LogP contribution >= 0.6 is 0 Å². The van der Waals surface area contributed by atoms with E-state index in [2.05, 4.69) is 30.4 Å². The molecule has 141 valence electrons. The fourth-order valence-electron chi connectivity index (χ4n) is 1.95. The second-order valence-corrected chi connectivity index (χ2v) is 4.51. The number of nitrogens with one attached hydrogen (secondary N) is 2. The standard InChI is InChI=1S/2C7H5N3O2.Mn.2H2O/c2*11-6-4-2-1-3-8-5(4)7(12)10-9-6;;;/h2*1-3H,(H,9,11)(H,10,12);;2*1H2/q;;+2;;. The summed E-state index contributed by atoms with van der Waals surface area (Å²) in [5.41, 5.74) is -0.557. The van der Waals surface area contributed by atoms with Crippen LogP contribution < -0.4 is 21.3 Å². The quantitative estimate of drug-likeness (QED) is 0.220. The molecule has 0 aliphatic heterocycles. The van der Waals surface area contributed by atoms with Gasteiger partial charge in [0.2, 0.25) is 0 Å². The molecule has 4 heterocycles. The van der Waals surface area contributed by atoms with Gasteiger partial charge in [0.1, 0.15) is 0 Å². The molecule has 4 aromatic heterocycles. The van der Waals surface area contributed by atoms with Gasteiger partial charge in [0.25, 0.3) is 11.1 Å². The molecule has 0 aromatic carbocycles. The summed E-state index contributed by atoms with van der Waals surface area (Å²) in [7, 11) is 0. The van der Waals surface area contributed by atoms with E-state index in [9.17, 15) is 19.8 Å². The maximum atomic E-state index is 11.0. The molecular formula is C14H14MnN6O6+2. The number of hydrogen-bond acceptors (Lipinski definition) is 8. The van der Waals surface area contributed by atoms with Crippen LogP contribution in [0.15, 0.2) is 46.2 Å². The van der Waals surface area contributed by atoms with Crippen LogP contribution in [0.5, 0.6) is 11.8 Å². The zero-order valence-corrected chi connectivity index (χ0v) is 14.6. The molecule has 0 amide bonds. The van der Waals surface area contributed by atoms with Crippen molar-refractivity contribution in [2.75, 3.05) is 0 Å². The Morgan fingerprint density at radius 1 is 0.741 bits per heavy atom. The van der Waals surface area contributed by atoms with Gasteiger partial charge < -0.3 is 21.2 Å². The van der Waals surface area contributed by atoms with Crippen LogP contribution in [0.25, 0.3) is 21.8 Å². The maximum Gasteiger partial charge on any atom is 2.00 e. The molecule has 0 saturated carbocycles. The Kier molecular flexibility index (Phi) is 8.69. The molecule has 4 aromatic rings. The molecule has 8 N–H and O–H groups in total. The molecule has 0 bridgehead atoms. The van der Waals surface area contributed by atoms with Gasteiger partial charge >= 0.3 is 17.1 Å². The number of fused-ring (bicyclic) bond motifs is 2. The largest absolute Gasteiger partial charge is 2.00 e. The molecule has 0 aliphatic rings. The molecule has 0 unspecified atom stereocenters. The van der Waals surface area contributed by atoms with Gasteiger partial charge in [-0.1, -0.05) is 0 Å². The van der Waals surface area contributed by atoms with Crippen molar-refractivity contribution in [3.63, 3.8) is 0 Å². The van der Waals surface area contributed by atoms with Crippen LogP contribution in [0.1, 0.15) is 0 Å². The smallest absolute Gasteiger partial charge is 0.856 e. The average molecular weight is 417 g/mol. The van der Waals surface area contributed by atoms with Crippen molar-refractivity contribution in [3.8, 4) is 11.8 Å². The first-order chi connectivity index (χ1) is 11.6. The number of aromatic nitrogens is 6. The first-order valence-corrected chi connectivity index (χ1v) is 6.59. The van der Waals surface area contributed by atoms with Gasteiger partial charge in [-0.15, -0.1) is 0 Å². The van der Waals surface area contributed by atoms with Crippen molar-refractivity contribution in [1.82, 2.24) is 30.4 Å². The van der Waals surface area contributed by atoms with Crippen LogP contribution in [0.4, 0.5) is 0 Å². The Bertz CT molecular complexity index is 1060. The Morgan fingerprint density at radius 2 is 1.11 bits per heavy atom. The number of pyridine rings is 2. The van der Waals surface area contributed by atoms with Gasteiger partial charge in [-0.05, 0) is 24.3 Å². The summed E-state index contributed by atoms with van der Waals surface area (Å²) in [6.45, 7) is 0. The van der Waals surface area contributed by atoms with Crippen LogP contribution in [0.3, 0.4) is 0 Å². The van der Waals surface area contributed by atoms with Crippen LogP contribution in [0, 0.1) is 0 Å². The Hall–Kier alpha value is -3.38. The predicted molar refractivity (Wildman–Crippen MR) is 89.0 cm³/mol. The average Bonchev–Trinajstić information content (AvgIpc) is 2.63. The molecule has 0 aliphatic carbocycles. The maximum absolute atomic E-state index is 11.0. The number of nitrogens with zero attached hydrogens (tertiary/aromatic N) is 4. The Labute approximate surface area is 160 Å². The molecule has 0 atom stereocenters. The van der Waals surface area contributed by atoms with E-state index in [0.717, 1.165) is 0 Å². The third-order valence-electron chi connectivity index (χ3n) is 3.03. The monoisotopic (exact) mass is 417 g/mol. The number of aromatic amines is 2. The van der Waals surface area contributed by atoms with E-state index >= 15 is 0 Å². The third-order valence-corrected chi connectivity index (χ3v) is 3.03. The van der Waals surface area contributed by atoms with Crippen molar-refractivity contribution in [2.24, 2.45) is 0 Å². The van der Waals surface area contributed by atoms with Gasteiger partial charge in [0.15, 0.2) is 0 Å². The summed E-state index contributed by atoms with van der Waals surface area (Å²) in [6.07, 6.45) is 2.90. The van der Waals surface area contributed by atoms with E-state index in [0.29, 0.717) is 0 Å². The summed E-state index contributed by atoms with van der Waals surface area (Å²) in [4.78, 5) is 29.6. The minimum atomic E-state index is -0.509. The second kappa shape index (κ2) is 9.94. The van der Waals surface area contributed by atoms with Crippen molar-refractivity contribution < 1.29 is 38.2 Å². The van der Waals surface area contributed by atoms with E-state index < -0.39 is 22.9 Å². The van der Waals surface area contributed by atoms with Gasteiger partial charge in [-0.3, -0.25) is 19.6 Å². The summed E-state index contributed by atoms with van der Waals surface area (Å²) < 4.78 is 0. The zero-order chi connectivity index (χ0) is 17.1. The first-order valence-electron chi connectivity index (χ1n) is 6.59. The van der Waals surface area contributed by atoms with Crippen molar-refractivity contribution in [1.29, 1.82) is 0 Å². The SMILES string of the molecule is O=c1[nH]nc([O-])c2ncccc12.O=c1[nH]nc([O-])c2ncccc12.[Mn+2].[OH3+].[OH3+]. The zero-order valence-electron chi connectivity index (χ0n) is 13.4. The molecule has 1 radical (unpaired) electrons. The Morgan fingerprint density at radius 3 is 1.44 bits per heavy atom. The van der Waals surface area contributed by atoms with Crippen LogP contribution in [-0.4, -0.2) is 30.4 Å². The van der Waals surface area contributed by atoms with E-state index in [1.165, 1.54) is 24.5 Å². The molecule has 27 heavy (non-hydrogen) atoms. The van der Waals surface area contributed by atoms with Gasteiger partial charge in [-0.2, -0.15) is 10.2 Å². The molecule has 0 fully saturated rings. The summed E-state index contributed by atoms with van der Waals surface area (Å²) in [6, 6.07) is 6.25. The molecule has 4 rings (SSSR count). The van der Waals surface area contributed by atoms with Crippen molar-refractivity contribution in [2.45, 2.75) is 0 Å². The molecule has 12 nitrogen and oxygen atoms in total. The fraction of sp³-hybridized carbons (Fsp3) is 0. The van der Waals surface area contributed by atoms with Crippen molar-refractivity contribution in [3.05, 3.63) is 57.4 Å².